The molecule has 2 rings (SSSR count). The van der Waals surface area contributed by atoms with Crippen LogP contribution in [0.4, 0.5) is 10.2 Å². The van der Waals surface area contributed by atoms with Gasteiger partial charge >= 0.3 is 0 Å². The van der Waals surface area contributed by atoms with Crippen LogP contribution in [0, 0.1) is 11.4 Å². The zero-order chi connectivity index (χ0) is 9.47. The minimum absolute atomic E-state index is 0.327. The van der Waals surface area contributed by atoms with Crippen LogP contribution in [-0.2, 0) is 0 Å². The largest absolute Gasteiger partial charge is 0.354 e. The molecule has 3 nitrogen and oxygen atoms in total. The van der Waals surface area contributed by atoms with E-state index in [1.165, 1.54) is 0 Å². The number of anilines is 1. The second kappa shape index (κ2) is 2.65. The zero-order valence-electron chi connectivity index (χ0n) is 7.79. The van der Waals surface area contributed by atoms with Gasteiger partial charge in [-0.25, -0.2) is 0 Å². The average molecular weight is 181 g/mol. The van der Waals surface area contributed by atoms with Gasteiger partial charge in [0.1, 0.15) is 5.82 Å². The summed E-state index contributed by atoms with van der Waals surface area (Å²) < 4.78 is 12.7. The van der Waals surface area contributed by atoms with Crippen molar-refractivity contribution in [1.82, 2.24) is 9.97 Å². The van der Waals surface area contributed by atoms with E-state index in [4.69, 9.17) is 0 Å². The number of aromatic nitrogens is 2. The standard InChI is InChI=1S/C9H12FN3/c1-9(2)5-13(6-9)8-4-11-3-7(10)12-8/h3-4H,5-6H2,1-2H3. The van der Waals surface area contributed by atoms with Crippen LogP contribution >= 0.6 is 0 Å². The first-order valence-corrected chi connectivity index (χ1v) is 4.29. The molecule has 1 aromatic rings. The van der Waals surface area contributed by atoms with E-state index in [-0.39, 0.29) is 0 Å². The molecule has 0 amide bonds. The average Bonchev–Trinajstić information content (AvgIpc) is 2.00. The van der Waals surface area contributed by atoms with Gasteiger partial charge in [-0.15, -0.1) is 0 Å². The lowest BCUT2D eigenvalue weighted by Crippen LogP contribution is -2.53. The number of rotatable bonds is 1. The lowest BCUT2D eigenvalue weighted by atomic mass is 9.84. The van der Waals surface area contributed by atoms with Crippen molar-refractivity contribution in [2.24, 2.45) is 5.41 Å². The Kier molecular flexibility index (Phi) is 1.71. The minimum atomic E-state index is -0.512. The minimum Gasteiger partial charge on any atom is -0.354 e. The van der Waals surface area contributed by atoms with E-state index < -0.39 is 5.95 Å². The Hall–Kier alpha value is -1.19. The van der Waals surface area contributed by atoms with Gasteiger partial charge in [0.05, 0.1) is 12.4 Å². The summed E-state index contributed by atoms with van der Waals surface area (Å²) in [4.78, 5) is 9.54. The van der Waals surface area contributed by atoms with Crippen molar-refractivity contribution in [2.75, 3.05) is 18.0 Å². The highest BCUT2D eigenvalue weighted by molar-refractivity contribution is 5.40. The summed E-state index contributed by atoms with van der Waals surface area (Å²) in [5, 5.41) is 0. The summed E-state index contributed by atoms with van der Waals surface area (Å²) in [5.41, 5.74) is 0.327. The Morgan fingerprint density at radius 1 is 1.38 bits per heavy atom. The van der Waals surface area contributed by atoms with Gasteiger partial charge in [-0.05, 0) is 5.41 Å². The second-order valence-electron chi connectivity index (χ2n) is 4.22. The molecule has 0 aliphatic carbocycles. The summed E-state index contributed by atoms with van der Waals surface area (Å²) in [6.45, 7) is 6.20. The van der Waals surface area contributed by atoms with Crippen molar-refractivity contribution in [1.29, 1.82) is 0 Å². The molecule has 70 valence electrons. The maximum absolute atomic E-state index is 12.7. The van der Waals surface area contributed by atoms with Crippen LogP contribution < -0.4 is 4.90 Å². The molecule has 0 N–H and O–H groups in total. The van der Waals surface area contributed by atoms with Crippen molar-refractivity contribution in [3.8, 4) is 0 Å². The monoisotopic (exact) mass is 181 g/mol. The van der Waals surface area contributed by atoms with Crippen LogP contribution in [-0.4, -0.2) is 23.1 Å². The van der Waals surface area contributed by atoms with E-state index in [1.54, 1.807) is 6.20 Å². The van der Waals surface area contributed by atoms with E-state index in [1.807, 2.05) is 4.90 Å². The SMILES string of the molecule is CC1(C)CN(c2cncc(F)n2)C1. The molecule has 0 spiro atoms. The number of nitrogens with zero attached hydrogens (tertiary/aromatic N) is 3. The van der Waals surface area contributed by atoms with Crippen molar-refractivity contribution in [3.63, 3.8) is 0 Å². The molecule has 0 aromatic carbocycles. The zero-order valence-corrected chi connectivity index (χ0v) is 7.79. The van der Waals surface area contributed by atoms with Crippen LogP contribution in [0.15, 0.2) is 12.4 Å². The molecule has 1 fully saturated rings. The number of hydrogen-bond acceptors (Lipinski definition) is 3. The topological polar surface area (TPSA) is 29.0 Å². The number of hydrogen-bond donors (Lipinski definition) is 0. The van der Waals surface area contributed by atoms with Gasteiger partial charge in [0.2, 0.25) is 5.95 Å². The van der Waals surface area contributed by atoms with Gasteiger partial charge < -0.3 is 4.90 Å². The molecule has 1 aromatic heterocycles. The molecule has 0 bridgehead atoms. The maximum Gasteiger partial charge on any atom is 0.233 e. The van der Waals surface area contributed by atoms with Gasteiger partial charge in [-0.1, -0.05) is 13.8 Å². The lowest BCUT2D eigenvalue weighted by Gasteiger charge is -2.46. The molecule has 2 heterocycles. The molecule has 0 unspecified atom stereocenters. The molecular weight excluding hydrogens is 169 g/mol. The van der Waals surface area contributed by atoms with Crippen LogP contribution in [0.25, 0.3) is 0 Å². The van der Waals surface area contributed by atoms with Crippen molar-refractivity contribution < 1.29 is 4.39 Å². The first-order chi connectivity index (χ1) is 6.07. The Bertz CT molecular complexity index is 316. The predicted molar refractivity (Wildman–Crippen MR) is 48.0 cm³/mol. The van der Waals surface area contributed by atoms with Gasteiger partial charge in [0, 0.05) is 13.1 Å². The molecule has 4 heteroatoms. The molecule has 0 saturated carbocycles. The fraction of sp³-hybridized carbons (Fsp3) is 0.556. The summed E-state index contributed by atoms with van der Waals surface area (Å²) in [5.74, 6) is 0.126. The highest BCUT2D eigenvalue weighted by Crippen LogP contribution is 2.31. The molecule has 1 aliphatic heterocycles. The molecular formula is C9H12FN3. The van der Waals surface area contributed by atoms with E-state index in [0.29, 0.717) is 11.2 Å². The molecule has 0 radical (unpaired) electrons. The van der Waals surface area contributed by atoms with Gasteiger partial charge in [0.25, 0.3) is 0 Å². The van der Waals surface area contributed by atoms with Crippen LogP contribution in [0.2, 0.25) is 0 Å². The van der Waals surface area contributed by atoms with E-state index >= 15 is 0 Å². The summed E-state index contributed by atoms with van der Waals surface area (Å²) in [6, 6.07) is 0. The Labute approximate surface area is 76.6 Å². The van der Waals surface area contributed by atoms with Crippen LogP contribution in [0.5, 0.6) is 0 Å². The maximum atomic E-state index is 12.7. The van der Waals surface area contributed by atoms with E-state index in [9.17, 15) is 4.39 Å². The van der Waals surface area contributed by atoms with E-state index in [0.717, 1.165) is 19.3 Å². The van der Waals surface area contributed by atoms with Gasteiger partial charge in [-0.3, -0.25) is 4.98 Å². The lowest BCUT2D eigenvalue weighted by molar-refractivity contribution is 0.273. The molecule has 1 saturated heterocycles. The van der Waals surface area contributed by atoms with Crippen molar-refractivity contribution in [2.45, 2.75) is 13.8 Å². The third-order valence-electron chi connectivity index (χ3n) is 2.15. The Morgan fingerprint density at radius 3 is 2.62 bits per heavy atom. The van der Waals surface area contributed by atoms with Crippen molar-refractivity contribution >= 4 is 5.82 Å². The van der Waals surface area contributed by atoms with Crippen LogP contribution in [0.3, 0.4) is 0 Å². The van der Waals surface area contributed by atoms with E-state index in [2.05, 4.69) is 23.8 Å². The van der Waals surface area contributed by atoms with Crippen molar-refractivity contribution in [3.05, 3.63) is 18.3 Å². The highest BCUT2D eigenvalue weighted by Gasteiger charge is 2.34. The normalized spacial score (nSPS) is 19.8. The third-order valence-corrected chi connectivity index (χ3v) is 2.15. The predicted octanol–water partition coefficient (Wildman–Crippen LogP) is 1.46. The first-order valence-electron chi connectivity index (χ1n) is 4.29. The first kappa shape index (κ1) is 8.41. The molecule has 13 heavy (non-hydrogen) atoms. The van der Waals surface area contributed by atoms with Gasteiger partial charge in [-0.2, -0.15) is 9.37 Å². The summed E-state index contributed by atoms with van der Waals surface area (Å²) in [6.07, 6.45) is 2.72. The summed E-state index contributed by atoms with van der Waals surface area (Å²) >= 11 is 0. The molecule has 0 atom stereocenters. The fourth-order valence-electron chi connectivity index (χ4n) is 1.63. The third kappa shape index (κ3) is 1.61. The molecule has 1 aliphatic rings. The fourth-order valence-corrected chi connectivity index (χ4v) is 1.63. The van der Waals surface area contributed by atoms with Gasteiger partial charge in [0.15, 0.2) is 0 Å². The smallest absolute Gasteiger partial charge is 0.233 e. The summed E-state index contributed by atoms with van der Waals surface area (Å²) in [7, 11) is 0. The second-order valence-corrected chi connectivity index (χ2v) is 4.22. The quantitative estimate of drug-likeness (QED) is 0.656. The van der Waals surface area contributed by atoms with Crippen LogP contribution in [0.1, 0.15) is 13.8 Å². The Morgan fingerprint density at radius 2 is 2.08 bits per heavy atom. The Balaban J connectivity index is 2.11. The number of halogens is 1. The highest BCUT2D eigenvalue weighted by atomic mass is 19.1.